The van der Waals surface area contributed by atoms with Gasteiger partial charge in [0.25, 0.3) is 5.91 Å². The Kier molecular flexibility index (Phi) is 4.20. The molecule has 1 aromatic rings. The van der Waals surface area contributed by atoms with Gasteiger partial charge in [0, 0.05) is 6.54 Å². The van der Waals surface area contributed by atoms with Crippen LogP contribution in [0.25, 0.3) is 0 Å². The smallest absolute Gasteiger partial charge is 0.323 e. The van der Waals surface area contributed by atoms with Gasteiger partial charge in [0.2, 0.25) is 0 Å². The molecule has 92 valence electrons. The summed E-state index contributed by atoms with van der Waals surface area (Å²) in [7, 11) is 0. The lowest BCUT2D eigenvalue weighted by Gasteiger charge is -2.19. The van der Waals surface area contributed by atoms with Crippen LogP contribution in [0.5, 0.6) is 0 Å². The molecule has 0 heterocycles. The Morgan fingerprint density at radius 3 is 2.59 bits per heavy atom. The molecule has 0 atom stereocenters. The number of aliphatic carboxylic acids is 1. The summed E-state index contributed by atoms with van der Waals surface area (Å²) >= 11 is 0. The fourth-order valence-corrected chi connectivity index (χ4v) is 1.47. The molecule has 1 rings (SSSR count). The third kappa shape index (κ3) is 3.03. The molecule has 17 heavy (non-hydrogen) atoms. The molecule has 0 bridgehead atoms. The van der Waals surface area contributed by atoms with Gasteiger partial charge in [-0.05, 0) is 25.5 Å². The number of amides is 1. The van der Waals surface area contributed by atoms with E-state index >= 15 is 0 Å². The van der Waals surface area contributed by atoms with Crippen molar-refractivity contribution in [3.05, 3.63) is 35.1 Å². The van der Waals surface area contributed by atoms with Gasteiger partial charge in [0.15, 0.2) is 0 Å². The van der Waals surface area contributed by atoms with E-state index in [2.05, 4.69) is 0 Å². The van der Waals surface area contributed by atoms with E-state index in [4.69, 9.17) is 5.11 Å². The number of carbonyl (C=O) groups excluding carboxylic acids is 1. The van der Waals surface area contributed by atoms with Crippen molar-refractivity contribution in [2.45, 2.75) is 13.8 Å². The molecule has 0 saturated heterocycles. The van der Waals surface area contributed by atoms with Crippen LogP contribution in [0, 0.1) is 12.7 Å². The maximum absolute atomic E-state index is 13.7. The summed E-state index contributed by atoms with van der Waals surface area (Å²) < 4.78 is 13.7. The Labute approximate surface area is 98.7 Å². The summed E-state index contributed by atoms with van der Waals surface area (Å²) in [5.74, 6) is -2.31. The number of likely N-dealkylation sites (N-methyl/N-ethyl adjacent to an activating group) is 1. The molecular weight excluding hydrogens is 225 g/mol. The van der Waals surface area contributed by atoms with Crippen molar-refractivity contribution in [3.8, 4) is 0 Å². The van der Waals surface area contributed by atoms with E-state index in [1.165, 1.54) is 6.07 Å². The van der Waals surface area contributed by atoms with E-state index in [1.54, 1.807) is 26.0 Å². The van der Waals surface area contributed by atoms with Crippen LogP contribution in [0.1, 0.15) is 22.8 Å². The summed E-state index contributed by atoms with van der Waals surface area (Å²) in [4.78, 5) is 23.6. The van der Waals surface area contributed by atoms with Gasteiger partial charge < -0.3 is 10.0 Å². The molecule has 1 N–H and O–H groups in total. The number of carbonyl (C=O) groups is 2. The fraction of sp³-hybridized carbons (Fsp3) is 0.333. The van der Waals surface area contributed by atoms with Gasteiger partial charge in [-0.1, -0.05) is 12.1 Å². The van der Waals surface area contributed by atoms with Crippen molar-refractivity contribution in [3.63, 3.8) is 0 Å². The predicted molar refractivity (Wildman–Crippen MR) is 60.4 cm³/mol. The molecule has 0 fully saturated rings. The Bertz CT molecular complexity index is 445. The zero-order chi connectivity index (χ0) is 13.0. The maximum atomic E-state index is 13.7. The molecular formula is C12H14FNO3. The van der Waals surface area contributed by atoms with Crippen LogP contribution in [0.4, 0.5) is 4.39 Å². The number of carboxylic acids is 1. The third-order valence-electron chi connectivity index (χ3n) is 2.42. The number of halogens is 1. The van der Waals surface area contributed by atoms with Crippen molar-refractivity contribution < 1.29 is 19.1 Å². The highest BCUT2D eigenvalue weighted by atomic mass is 19.1. The first-order valence-corrected chi connectivity index (χ1v) is 5.23. The highest BCUT2D eigenvalue weighted by molar-refractivity contribution is 5.96. The quantitative estimate of drug-likeness (QED) is 0.869. The van der Waals surface area contributed by atoms with Crippen LogP contribution in [0.3, 0.4) is 0 Å². The maximum Gasteiger partial charge on any atom is 0.323 e. The minimum Gasteiger partial charge on any atom is -0.480 e. The molecule has 0 aromatic heterocycles. The molecule has 0 aliphatic rings. The second kappa shape index (κ2) is 5.43. The molecule has 4 nitrogen and oxygen atoms in total. The Morgan fingerprint density at radius 2 is 2.06 bits per heavy atom. The summed E-state index contributed by atoms with van der Waals surface area (Å²) in [6.45, 7) is 3.00. The largest absolute Gasteiger partial charge is 0.480 e. The molecule has 0 radical (unpaired) electrons. The normalized spacial score (nSPS) is 10.1. The van der Waals surface area contributed by atoms with Gasteiger partial charge in [-0.25, -0.2) is 4.39 Å². The molecule has 5 heteroatoms. The average Bonchev–Trinajstić information content (AvgIpc) is 2.28. The van der Waals surface area contributed by atoms with Crippen LogP contribution in [0.15, 0.2) is 18.2 Å². The lowest BCUT2D eigenvalue weighted by Crippen LogP contribution is -2.36. The summed E-state index contributed by atoms with van der Waals surface area (Å²) in [6.07, 6.45) is 0. The van der Waals surface area contributed by atoms with Crippen LogP contribution < -0.4 is 0 Å². The van der Waals surface area contributed by atoms with Gasteiger partial charge in [-0.2, -0.15) is 0 Å². The number of rotatable bonds is 4. The van der Waals surface area contributed by atoms with Gasteiger partial charge >= 0.3 is 5.97 Å². The standard InChI is InChI=1S/C12H14FNO3/c1-3-14(7-10(15)16)12(17)9-6-4-5-8(2)11(9)13/h4-6H,3,7H2,1-2H3,(H,15,16). The number of hydrogen-bond acceptors (Lipinski definition) is 2. The van der Waals surface area contributed by atoms with E-state index in [0.717, 1.165) is 4.90 Å². The summed E-state index contributed by atoms with van der Waals surface area (Å²) in [5, 5.41) is 8.65. The highest BCUT2D eigenvalue weighted by Crippen LogP contribution is 2.14. The molecule has 0 unspecified atom stereocenters. The number of nitrogens with zero attached hydrogens (tertiary/aromatic N) is 1. The number of hydrogen-bond donors (Lipinski definition) is 1. The van der Waals surface area contributed by atoms with Gasteiger partial charge in [0.1, 0.15) is 12.4 Å². The fourth-order valence-electron chi connectivity index (χ4n) is 1.47. The second-order valence-corrected chi connectivity index (χ2v) is 3.65. The van der Waals surface area contributed by atoms with E-state index in [1.807, 2.05) is 0 Å². The molecule has 0 spiro atoms. The number of aryl methyl sites for hydroxylation is 1. The van der Waals surface area contributed by atoms with Crippen LogP contribution in [-0.4, -0.2) is 35.0 Å². The van der Waals surface area contributed by atoms with E-state index in [9.17, 15) is 14.0 Å². The molecule has 0 saturated carbocycles. The first-order valence-electron chi connectivity index (χ1n) is 5.23. The summed E-state index contributed by atoms with van der Waals surface area (Å²) in [5.41, 5.74) is 0.273. The topological polar surface area (TPSA) is 57.6 Å². The average molecular weight is 239 g/mol. The van der Waals surface area contributed by atoms with Crippen molar-refractivity contribution in [1.82, 2.24) is 4.90 Å². The molecule has 0 aliphatic carbocycles. The van der Waals surface area contributed by atoms with Crippen LogP contribution >= 0.6 is 0 Å². The predicted octanol–water partition coefficient (Wildman–Crippen LogP) is 1.68. The zero-order valence-electron chi connectivity index (χ0n) is 9.74. The van der Waals surface area contributed by atoms with Gasteiger partial charge in [0.05, 0.1) is 5.56 Å². The number of carboxylic acid groups (broad SMARTS) is 1. The lowest BCUT2D eigenvalue weighted by atomic mass is 10.1. The van der Waals surface area contributed by atoms with Crippen molar-refractivity contribution in [2.24, 2.45) is 0 Å². The van der Waals surface area contributed by atoms with Crippen LogP contribution in [0.2, 0.25) is 0 Å². The van der Waals surface area contributed by atoms with E-state index < -0.39 is 24.2 Å². The second-order valence-electron chi connectivity index (χ2n) is 3.65. The van der Waals surface area contributed by atoms with E-state index in [-0.39, 0.29) is 12.1 Å². The van der Waals surface area contributed by atoms with Crippen molar-refractivity contribution >= 4 is 11.9 Å². The lowest BCUT2D eigenvalue weighted by molar-refractivity contribution is -0.137. The number of benzene rings is 1. The van der Waals surface area contributed by atoms with Crippen molar-refractivity contribution in [2.75, 3.05) is 13.1 Å². The molecule has 1 aromatic carbocycles. The Balaban J connectivity index is 3.02. The zero-order valence-corrected chi connectivity index (χ0v) is 9.74. The molecule has 0 aliphatic heterocycles. The third-order valence-corrected chi connectivity index (χ3v) is 2.42. The highest BCUT2D eigenvalue weighted by Gasteiger charge is 2.20. The summed E-state index contributed by atoms with van der Waals surface area (Å²) in [6, 6.07) is 4.48. The molecule has 1 amide bonds. The first-order chi connectivity index (χ1) is 7.97. The minimum absolute atomic E-state index is 0.0897. The minimum atomic E-state index is -1.12. The first kappa shape index (κ1) is 13.2. The van der Waals surface area contributed by atoms with E-state index in [0.29, 0.717) is 5.56 Å². The SMILES string of the molecule is CCN(CC(=O)O)C(=O)c1cccc(C)c1F. The van der Waals surface area contributed by atoms with Gasteiger partial charge in [-0.3, -0.25) is 9.59 Å². The Morgan fingerprint density at radius 1 is 1.41 bits per heavy atom. The van der Waals surface area contributed by atoms with Gasteiger partial charge in [-0.15, -0.1) is 0 Å². The monoisotopic (exact) mass is 239 g/mol. The Hall–Kier alpha value is -1.91. The van der Waals surface area contributed by atoms with Crippen LogP contribution in [-0.2, 0) is 4.79 Å². The van der Waals surface area contributed by atoms with Crippen molar-refractivity contribution in [1.29, 1.82) is 0 Å².